The number of rotatable bonds is 6. The fourth-order valence-electron chi connectivity index (χ4n) is 2.97. The second-order valence-corrected chi connectivity index (χ2v) is 6.30. The van der Waals surface area contributed by atoms with Gasteiger partial charge in [-0.05, 0) is 12.0 Å². The third-order valence-corrected chi connectivity index (χ3v) is 4.44. The quantitative estimate of drug-likeness (QED) is 0.803. The molecule has 1 aliphatic rings. The number of benzene rings is 1. The molecule has 1 amide bonds. The van der Waals surface area contributed by atoms with Gasteiger partial charge in [0.25, 0.3) is 0 Å². The van der Waals surface area contributed by atoms with Crippen LogP contribution in [0.2, 0.25) is 0 Å². The van der Waals surface area contributed by atoms with Crippen LogP contribution in [0.4, 0.5) is 0 Å². The highest BCUT2D eigenvalue weighted by Crippen LogP contribution is 2.12. The van der Waals surface area contributed by atoms with E-state index in [0.717, 1.165) is 18.7 Å². The van der Waals surface area contributed by atoms with Crippen molar-refractivity contribution >= 4 is 30.7 Å². The molecule has 144 valence electrons. The van der Waals surface area contributed by atoms with Crippen molar-refractivity contribution < 1.29 is 9.53 Å². The van der Waals surface area contributed by atoms with Crippen molar-refractivity contribution in [1.29, 1.82) is 0 Å². The Hall–Kier alpha value is -1.60. The van der Waals surface area contributed by atoms with E-state index < -0.39 is 6.04 Å². The minimum absolute atomic E-state index is 0. The third kappa shape index (κ3) is 5.71. The van der Waals surface area contributed by atoms with E-state index in [-0.39, 0.29) is 36.8 Å². The van der Waals surface area contributed by atoms with Crippen LogP contribution in [0.5, 0.6) is 0 Å². The Bertz CT molecular complexity index is 675. The maximum absolute atomic E-state index is 12.4. The number of aromatic nitrogens is 2. The van der Waals surface area contributed by atoms with E-state index in [1.807, 2.05) is 29.0 Å². The van der Waals surface area contributed by atoms with Gasteiger partial charge >= 0.3 is 0 Å². The van der Waals surface area contributed by atoms with Crippen molar-refractivity contribution in [3.05, 3.63) is 54.1 Å². The average Bonchev–Trinajstić information content (AvgIpc) is 3.26. The molecule has 2 heterocycles. The van der Waals surface area contributed by atoms with Gasteiger partial charge in [0.1, 0.15) is 0 Å². The first-order chi connectivity index (χ1) is 11.6. The summed E-state index contributed by atoms with van der Waals surface area (Å²) in [4.78, 5) is 18.5. The lowest BCUT2D eigenvalue weighted by atomic mass is 10.1. The summed E-state index contributed by atoms with van der Waals surface area (Å²) < 4.78 is 7.35. The molecule has 1 aliphatic heterocycles. The van der Waals surface area contributed by atoms with E-state index in [1.54, 1.807) is 18.3 Å². The normalized spacial score (nSPS) is 17.1. The number of hydrogen-bond donors (Lipinski definition) is 1. The number of likely N-dealkylation sites (N-methyl/N-ethyl adjacent to an activating group) is 1. The van der Waals surface area contributed by atoms with Gasteiger partial charge in [-0.3, -0.25) is 4.79 Å². The summed E-state index contributed by atoms with van der Waals surface area (Å²) >= 11 is 0. The van der Waals surface area contributed by atoms with Crippen molar-refractivity contribution in [2.45, 2.75) is 31.5 Å². The van der Waals surface area contributed by atoms with E-state index in [2.05, 4.69) is 17.1 Å². The Morgan fingerprint density at radius 2 is 2.12 bits per heavy atom. The fourth-order valence-corrected chi connectivity index (χ4v) is 2.97. The van der Waals surface area contributed by atoms with E-state index >= 15 is 0 Å². The van der Waals surface area contributed by atoms with Crippen LogP contribution in [0.3, 0.4) is 0 Å². The molecular formula is C18H26Cl2N4O2. The molecule has 6 nitrogen and oxygen atoms in total. The Kier molecular flexibility index (Phi) is 9.08. The van der Waals surface area contributed by atoms with Crippen molar-refractivity contribution in [3.63, 3.8) is 0 Å². The highest BCUT2D eigenvalue weighted by molar-refractivity contribution is 5.85. The van der Waals surface area contributed by atoms with E-state index in [0.29, 0.717) is 19.6 Å². The van der Waals surface area contributed by atoms with E-state index in [4.69, 9.17) is 10.5 Å². The largest absolute Gasteiger partial charge is 0.379 e. The smallest absolute Gasteiger partial charge is 0.239 e. The highest BCUT2D eigenvalue weighted by atomic mass is 35.5. The number of carbonyl (C=O) groups excluding carboxylic acids is 1. The second kappa shape index (κ2) is 10.5. The van der Waals surface area contributed by atoms with Crippen molar-refractivity contribution in [1.82, 2.24) is 14.5 Å². The molecule has 0 radical (unpaired) electrons. The van der Waals surface area contributed by atoms with Gasteiger partial charge in [-0.2, -0.15) is 0 Å². The number of halogens is 2. The molecule has 1 aromatic heterocycles. The number of amides is 1. The van der Waals surface area contributed by atoms with Gasteiger partial charge in [0.05, 0.1) is 30.7 Å². The molecule has 0 spiro atoms. The molecule has 0 saturated carbocycles. The monoisotopic (exact) mass is 400 g/mol. The van der Waals surface area contributed by atoms with Crippen LogP contribution in [-0.2, 0) is 22.5 Å². The molecule has 0 bridgehead atoms. The summed E-state index contributed by atoms with van der Waals surface area (Å²) in [7, 11) is 1.80. The second-order valence-electron chi connectivity index (χ2n) is 6.30. The van der Waals surface area contributed by atoms with Crippen LogP contribution in [0, 0.1) is 0 Å². The number of carbonyl (C=O) groups is 1. The first kappa shape index (κ1) is 22.4. The van der Waals surface area contributed by atoms with E-state index in [1.165, 1.54) is 5.56 Å². The molecule has 8 heteroatoms. The van der Waals surface area contributed by atoms with Crippen molar-refractivity contribution in [2.24, 2.45) is 5.73 Å². The predicted molar refractivity (Wildman–Crippen MR) is 106 cm³/mol. The molecule has 1 fully saturated rings. The van der Waals surface area contributed by atoms with Gasteiger partial charge in [0.15, 0.2) is 0 Å². The van der Waals surface area contributed by atoms with Crippen LogP contribution in [0.1, 0.15) is 17.7 Å². The van der Waals surface area contributed by atoms with Crippen LogP contribution >= 0.6 is 24.8 Å². The van der Waals surface area contributed by atoms with Crippen LogP contribution < -0.4 is 5.73 Å². The molecule has 1 aromatic carbocycles. The Labute approximate surface area is 166 Å². The molecule has 1 saturated heterocycles. The lowest BCUT2D eigenvalue weighted by Crippen LogP contribution is -2.47. The molecule has 2 atom stereocenters. The third-order valence-electron chi connectivity index (χ3n) is 4.44. The summed E-state index contributed by atoms with van der Waals surface area (Å²) in [5, 5.41) is 0. The fraction of sp³-hybridized carbons (Fsp3) is 0.444. The lowest BCUT2D eigenvalue weighted by molar-refractivity contribution is -0.133. The molecule has 0 aliphatic carbocycles. The number of hydrogen-bond acceptors (Lipinski definition) is 4. The topological polar surface area (TPSA) is 73.4 Å². The van der Waals surface area contributed by atoms with Crippen LogP contribution in [-0.4, -0.2) is 52.7 Å². The predicted octanol–water partition coefficient (Wildman–Crippen LogP) is 1.89. The van der Waals surface area contributed by atoms with Gasteiger partial charge in [0, 0.05) is 32.8 Å². The zero-order valence-corrected chi connectivity index (χ0v) is 16.4. The maximum Gasteiger partial charge on any atom is 0.239 e. The molecular weight excluding hydrogens is 375 g/mol. The molecule has 2 N–H and O–H groups in total. The first-order valence-corrected chi connectivity index (χ1v) is 8.28. The molecule has 3 rings (SSSR count). The number of imidazole rings is 1. The van der Waals surface area contributed by atoms with E-state index in [9.17, 15) is 4.79 Å². The SMILES string of the molecule is CN(C(=O)[C@@H](N)Cc1cn(Cc2ccccc2)cn1)C1CCOC1.Cl.Cl. The number of nitrogens with zero attached hydrogens (tertiary/aromatic N) is 3. The zero-order valence-electron chi connectivity index (χ0n) is 14.8. The van der Waals surface area contributed by atoms with Crippen LogP contribution in [0.25, 0.3) is 0 Å². The Balaban J connectivity index is 0.00000169. The summed E-state index contributed by atoms with van der Waals surface area (Å²) in [6, 6.07) is 9.75. The molecule has 1 unspecified atom stereocenters. The summed E-state index contributed by atoms with van der Waals surface area (Å²) in [5.74, 6) is -0.0527. The van der Waals surface area contributed by atoms with Crippen molar-refractivity contribution in [3.8, 4) is 0 Å². The standard InChI is InChI=1S/C18H24N4O2.2ClH/c1-21(16-7-8-24-12-16)18(23)17(19)9-15-11-22(13-20-15)10-14-5-3-2-4-6-14;;/h2-6,11,13,16-17H,7-10,12,19H2,1H3;2*1H/t16?,17-;;/m0../s1. The minimum Gasteiger partial charge on any atom is -0.379 e. The highest BCUT2D eigenvalue weighted by Gasteiger charge is 2.27. The van der Waals surface area contributed by atoms with Gasteiger partial charge < -0.3 is 19.9 Å². The first-order valence-electron chi connectivity index (χ1n) is 8.28. The number of ether oxygens (including phenoxy) is 1. The summed E-state index contributed by atoms with van der Waals surface area (Å²) in [6.45, 7) is 2.07. The molecule has 2 aromatic rings. The van der Waals surface area contributed by atoms with Crippen LogP contribution in [0.15, 0.2) is 42.9 Å². The Morgan fingerprint density at radius 1 is 1.38 bits per heavy atom. The average molecular weight is 401 g/mol. The van der Waals surface area contributed by atoms with Gasteiger partial charge in [-0.25, -0.2) is 4.98 Å². The number of nitrogens with two attached hydrogens (primary N) is 1. The van der Waals surface area contributed by atoms with Gasteiger partial charge in [-0.1, -0.05) is 30.3 Å². The summed E-state index contributed by atoms with van der Waals surface area (Å²) in [5.41, 5.74) is 8.15. The van der Waals surface area contributed by atoms with Crippen molar-refractivity contribution in [2.75, 3.05) is 20.3 Å². The van der Waals surface area contributed by atoms with Gasteiger partial charge in [-0.15, -0.1) is 24.8 Å². The van der Waals surface area contributed by atoms with Gasteiger partial charge in [0.2, 0.25) is 5.91 Å². The summed E-state index contributed by atoms with van der Waals surface area (Å²) in [6.07, 6.45) is 5.06. The maximum atomic E-state index is 12.4. The lowest BCUT2D eigenvalue weighted by Gasteiger charge is -2.25. The zero-order chi connectivity index (χ0) is 16.9. The minimum atomic E-state index is -0.573. The Morgan fingerprint density at radius 3 is 2.77 bits per heavy atom. The molecule has 26 heavy (non-hydrogen) atoms.